The number of hydrogen-bond donors (Lipinski definition) is 1. The minimum Gasteiger partial charge on any atom is -0.339 e. The third-order valence-electron chi connectivity index (χ3n) is 2.96. The SMILES string of the molecule is CC(C)C(CN)c1nc(CCC(C)(C)C)no1. The maximum absolute atomic E-state index is 5.73. The average molecular weight is 239 g/mol. The Morgan fingerprint density at radius 3 is 2.41 bits per heavy atom. The highest BCUT2D eigenvalue weighted by atomic mass is 16.5. The van der Waals surface area contributed by atoms with E-state index in [0.29, 0.717) is 23.8 Å². The van der Waals surface area contributed by atoms with Gasteiger partial charge in [-0.2, -0.15) is 4.98 Å². The molecule has 4 nitrogen and oxygen atoms in total. The van der Waals surface area contributed by atoms with Crippen molar-refractivity contribution < 1.29 is 4.52 Å². The first-order valence-electron chi connectivity index (χ1n) is 6.36. The minimum atomic E-state index is 0.172. The van der Waals surface area contributed by atoms with E-state index in [0.717, 1.165) is 18.7 Å². The number of aromatic nitrogens is 2. The Morgan fingerprint density at radius 1 is 1.29 bits per heavy atom. The fraction of sp³-hybridized carbons (Fsp3) is 0.846. The summed E-state index contributed by atoms with van der Waals surface area (Å²) in [6, 6.07) is 0. The number of aryl methyl sites for hydroxylation is 1. The van der Waals surface area contributed by atoms with Gasteiger partial charge in [-0.1, -0.05) is 39.8 Å². The van der Waals surface area contributed by atoms with Gasteiger partial charge in [-0.25, -0.2) is 0 Å². The van der Waals surface area contributed by atoms with Crippen molar-refractivity contribution in [3.63, 3.8) is 0 Å². The van der Waals surface area contributed by atoms with Crippen LogP contribution in [0.2, 0.25) is 0 Å². The molecule has 17 heavy (non-hydrogen) atoms. The van der Waals surface area contributed by atoms with Gasteiger partial charge in [0.25, 0.3) is 0 Å². The molecule has 1 heterocycles. The zero-order valence-corrected chi connectivity index (χ0v) is 11.7. The highest BCUT2D eigenvalue weighted by Crippen LogP contribution is 2.23. The number of nitrogens with two attached hydrogens (primary N) is 1. The molecule has 1 aromatic heterocycles. The van der Waals surface area contributed by atoms with Crippen LogP contribution in [0.5, 0.6) is 0 Å². The molecule has 0 radical (unpaired) electrons. The predicted octanol–water partition coefficient (Wildman–Crippen LogP) is 2.75. The summed E-state index contributed by atoms with van der Waals surface area (Å²) in [5.74, 6) is 2.09. The van der Waals surface area contributed by atoms with Crippen molar-refractivity contribution in [2.75, 3.05) is 6.54 Å². The first-order valence-corrected chi connectivity index (χ1v) is 6.36. The van der Waals surface area contributed by atoms with Gasteiger partial charge in [0.05, 0.1) is 5.92 Å². The number of hydrogen-bond acceptors (Lipinski definition) is 4. The molecule has 0 fully saturated rings. The molecule has 0 aliphatic rings. The highest BCUT2D eigenvalue weighted by Gasteiger charge is 2.21. The van der Waals surface area contributed by atoms with Gasteiger partial charge in [0.1, 0.15) is 0 Å². The molecule has 0 saturated heterocycles. The van der Waals surface area contributed by atoms with Crippen LogP contribution in [-0.2, 0) is 6.42 Å². The molecule has 0 aliphatic heterocycles. The lowest BCUT2D eigenvalue weighted by Gasteiger charge is -2.16. The first-order chi connectivity index (χ1) is 7.83. The highest BCUT2D eigenvalue weighted by molar-refractivity contribution is 4.96. The molecule has 98 valence electrons. The maximum atomic E-state index is 5.73. The average Bonchev–Trinajstić information content (AvgIpc) is 2.63. The van der Waals surface area contributed by atoms with Gasteiger partial charge in [0.2, 0.25) is 5.89 Å². The van der Waals surface area contributed by atoms with Crippen molar-refractivity contribution >= 4 is 0 Å². The smallest absolute Gasteiger partial charge is 0.231 e. The second-order valence-electron chi connectivity index (χ2n) is 6.20. The predicted molar refractivity (Wildman–Crippen MR) is 68.7 cm³/mol. The van der Waals surface area contributed by atoms with Crippen LogP contribution < -0.4 is 5.73 Å². The van der Waals surface area contributed by atoms with E-state index in [-0.39, 0.29) is 5.92 Å². The van der Waals surface area contributed by atoms with Crippen molar-refractivity contribution in [2.45, 2.75) is 53.4 Å². The van der Waals surface area contributed by atoms with Crippen LogP contribution in [0, 0.1) is 11.3 Å². The van der Waals surface area contributed by atoms with Gasteiger partial charge in [-0.15, -0.1) is 0 Å². The maximum Gasteiger partial charge on any atom is 0.231 e. The molecule has 1 unspecified atom stereocenters. The van der Waals surface area contributed by atoms with Crippen LogP contribution in [0.25, 0.3) is 0 Å². The molecule has 1 atom stereocenters. The number of nitrogens with zero attached hydrogens (tertiary/aromatic N) is 2. The van der Waals surface area contributed by atoms with Crippen molar-refractivity contribution in [2.24, 2.45) is 17.1 Å². The Kier molecular flexibility index (Phi) is 4.69. The Bertz CT molecular complexity index is 339. The van der Waals surface area contributed by atoms with E-state index in [1.807, 2.05) is 0 Å². The van der Waals surface area contributed by atoms with Gasteiger partial charge in [0, 0.05) is 13.0 Å². The second kappa shape index (κ2) is 5.63. The van der Waals surface area contributed by atoms with Crippen molar-refractivity contribution in [3.8, 4) is 0 Å². The Hall–Kier alpha value is -0.900. The second-order valence-corrected chi connectivity index (χ2v) is 6.20. The van der Waals surface area contributed by atoms with E-state index < -0.39 is 0 Å². The van der Waals surface area contributed by atoms with Crippen molar-refractivity contribution in [1.29, 1.82) is 0 Å². The third-order valence-corrected chi connectivity index (χ3v) is 2.96. The van der Waals surface area contributed by atoms with E-state index in [9.17, 15) is 0 Å². The topological polar surface area (TPSA) is 64.9 Å². The Morgan fingerprint density at radius 2 is 1.94 bits per heavy atom. The van der Waals surface area contributed by atoms with Crippen LogP contribution >= 0.6 is 0 Å². The number of rotatable bonds is 5. The summed E-state index contributed by atoms with van der Waals surface area (Å²) in [6.07, 6.45) is 1.92. The van der Waals surface area contributed by atoms with Crippen molar-refractivity contribution in [1.82, 2.24) is 10.1 Å². The van der Waals surface area contributed by atoms with E-state index in [1.165, 1.54) is 0 Å². The van der Waals surface area contributed by atoms with Gasteiger partial charge in [-0.3, -0.25) is 0 Å². The first kappa shape index (κ1) is 14.2. The molecule has 0 spiro atoms. The van der Waals surface area contributed by atoms with E-state index >= 15 is 0 Å². The Labute approximate surface area is 104 Å². The lowest BCUT2D eigenvalue weighted by atomic mass is 9.90. The summed E-state index contributed by atoms with van der Waals surface area (Å²) in [5.41, 5.74) is 6.03. The van der Waals surface area contributed by atoms with Gasteiger partial charge < -0.3 is 10.3 Å². The molecule has 2 N–H and O–H groups in total. The Balaban J connectivity index is 2.64. The summed E-state index contributed by atoms with van der Waals surface area (Å²) in [7, 11) is 0. The molecule has 0 aromatic carbocycles. The molecule has 4 heteroatoms. The van der Waals surface area contributed by atoms with Gasteiger partial charge in [0.15, 0.2) is 5.82 Å². The van der Waals surface area contributed by atoms with E-state index in [1.54, 1.807) is 0 Å². The largest absolute Gasteiger partial charge is 0.339 e. The summed E-state index contributed by atoms with van der Waals surface area (Å²) in [4.78, 5) is 4.45. The van der Waals surface area contributed by atoms with Crippen molar-refractivity contribution in [3.05, 3.63) is 11.7 Å². The summed E-state index contributed by atoms with van der Waals surface area (Å²) in [5, 5.41) is 4.03. The van der Waals surface area contributed by atoms with E-state index in [2.05, 4.69) is 44.8 Å². The van der Waals surface area contributed by atoms with Crippen LogP contribution in [-0.4, -0.2) is 16.7 Å². The van der Waals surface area contributed by atoms with Gasteiger partial charge in [-0.05, 0) is 17.8 Å². The molecule has 0 saturated carbocycles. The molecule has 0 bridgehead atoms. The minimum absolute atomic E-state index is 0.172. The molecule has 0 amide bonds. The van der Waals surface area contributed by atoms with Gasteiger partial charge >= 0.3 is 0 Å². The third kappa shape index (κ3) is 4.46. The molecule has 1 rings (SSSR count). The van der Waals surface area contributed by atoms with Crippen LogP contribution in [0.15, 0.2) is 4.52 Å². The fourth-order valence-electron chi connectivity index (χ4n) is 1.66. The zero-order chi connectivity index (χ0) is 13.1. The summed E-state index contributed by atoms with van der Waals surface area (Å²) >= 11 is 0. The monoisotopic (exact) mass is 239 g/mol. The lowest BCUT2D eigenvalue weighted by molar-refractivity contribution is 0.319. The standard InChI is InChI=1S/C13H25N3O/c1-9(2)10(8-14)12-15-11(16-17-12)6-7-13(3,4)5/h9-10H,6-8,14H2,1-5H3. The molecular formula is C13H25N3O. The van der Waals surface area contributed by atoms with E-state index in [4.69, 9.17) is 10.3 Å². The normalized spacial score (nSPS) is 14.3. The lowest BCUT2D eigenvalue weighted by Crippen LogP contribution is -2.18. The summed E-state index contributed by atoms with van der Waals surface area (Å²) in [6.45, 7) is 11.4. The van der Waals surface area contributed by atoms with Crippen LogP contribution in [0.1, 0.15) is 58.7 Å². The van der Waals surface area contributed by atoms with Crippen LogP contribution in [0.3, 0.4) is 0 Å². The quantitative estimate of drug-likeness (QED) is 0.858. The molecule has 1 aromatic rings. The molecular weight excluding hydrogens is 214 g/mol. The fourth-order valence-corrected chi connectivity index (χ4v) is 1.66. The zero-order valence-electron chi connectivity index (χ0n) is 11.7. The molecule has 0 aliphatic carbocycles. The van der Waals surface area contributed by atoms with Crippen LogP contribution in [0.4, 0.5) is 0 Å². The summed E-state index contributed by atoms with van der Waals surface area (Å²) < 4.78 is 5.30.